The first kappa shape index (κ1) is 15.2. The van der Waals surface area contributed by atoms with Gasteiger partial charge in [0.1, 0.15) is 5.01 Å². The van der Waals surface area contributed by atoms with Crippen molar-refractivity contribution >= 4 is 17.2 Å². The Morgan fingerprint density at radius 3 is 2.68 bits per heavy atom. The van der Waals surface area contributed by atoms with Crippen molar-refractivity contribution in [1.82, 2.24) is 10.3 Å². The van der Waals surface area contributed by atoms with Crippen LogP contribution in [0.1, 0.15) is 43.4 Å². The summed E-state index contributed by atoms with van der Waals surface area (Å²) in [5.41, 5.74) is 3.23. The first-order valence-corrected chi connectivity index (χ1v) is 8.89. The summed E-state index contributed by atoms with van der Waals surface area (Å²) in [6.45, 7) is 2.08. The van der Waals surface area contributed by atoms with Crippen LogP contribution in [0.25, 0.3) is 10.6 Å². The van der Waals surface area contributed by atoms with Gasteiger partial charge < -0.3 is 5.32 Å². The Morgan fingerprint density at radius 2 is 1.95 bits per heavy atom. The Balaban J connectivity index is 1.59. The SMILES string of the molecule is Cc1ccc(-c2nc(CC(=O)NC3CCCCC3)cs2)cc1. The Labute approximate surface area is 135 Å². The number of carbonyl (C=O) groups is 1. The third-order valence-electron chi connectivity index (χ3n) is 4.16. The lowest BCUT2D eigenvalue weighted by Crippen LogP contribution is -2.37. The van der Waals surface area contributed by atoms with Gasteiger partial charge in [0.15, 0.2) is 0 Å². The van der Waals surface area contributed by atoms with Crippen LogP contribution < -0.4 is 5.32 Å². The van der Waals surface area contributed by atoms with E-state index in [-0.39, 0.29) is 5.91 Å². The molecule has 1 aromatic heterocycles. The topological polar surface area (TPSA) is 42.0 Å². The Morgan fingerprint density at radius 1 is 1.23 bits per heavy atom. The predicted octanol–water partition coefficient (Wildman–Crippen LogP) is 4.11. The average molecular weight is 314 g/mol. The fourth-order valence-electron chi connectivity index (χ4n) is 2.91. The van der Waals surface area contributed by atoms with Gasteiger partial charge in [-0.15, -0.1) is 11.3 Å². The minimum absolute atomic E-state index is 0.104. The first-order valence-electron chi connectivity index (χ1n) is 8.01. The molecule has 1 N–H and O–H groups in total. The normalized spacial score (nSPS) is 15.7. The van der Waals surface area contributed by atoms with E-state index < -0.39 is 0 Å². The highest BCUT2D eigenvalue weighted by molar-refractivity contribution is 7.13. The second-order valence-electron chi connectivity index (χ2n) is 6.09. The number of hydrogen-bond donors (Lipinski definition) is 1. The molecule has 0 aliphatic heterocycles. The molecule has 1 saturated carbocycles. The number of rotatable bonds is 4. The van der Waals surface area contributed by atoms with E-state index in [9.17, 15) is 4.79 Å². The lowest BCUT2D eigenvalue weighted by atomic mass is 9.95. The van der Waals surface area contributed by atoms with Gasteiger partial charge in [0.25, 0.3) is 0 Å². The smallest absolute Gasteiger partial charge is 0.226 e. The van der Waals surface area contributed by atoms with Gasteiger partial charge in [-0.25, -0.2) is 4.98 Å². The number of thiazole rings is 1. The van der Waals surface area contributed by atoms with Crippen molar-refractivity contribution in [3.8, 4) is 10.6 Å². The zero-order chi connectivity index (χ0) is 15.4. The second-order valence-corrected chi connectivity index (χ2v) is 6.95. The van der Waals surface area contributed by atoms with Crippen molar-refractivity contribution < 1.29 is 4.79 Å². The van der Waals surface area contributed by atoms with Crippen LogP contribution in [0, 0.1) is 6.92 Å². The van der Waals surface area contributed by atoms with Gasteiger partial charge in [0.05, 0.1) is 12.1 Å². The Hall–Kier alpha value is -1.68. The third kappa shape index (κ3) is 3.95. The zero-order valence-electron chi connectivity index (χ0n) is 13.0. The maximum Gasteiger partial charge on any atom is 0.226 e. The predicted molar refractivity (Wildman–Crippen MR) is 91.0 cm³/mol. The summed E-state index contributed by atoms with van der Waals surface area (Å²) in [6, 6.07) is 8.72. The van der Waals surface area contributed by atoms with Crippen LogP contribution in [-0.4, -0.2) is 16.9 Å². The van der Waals surface area contributed by atoms with E-state index in [1.807, 2.05) is 5.38 Å². The van der Waals surface area contributed by atoms with Crippen molar-refractivity contribution in [2.24, 2.45) is 0 Å². The molecule has 3 rings (SSSR count). The van der Waals surface area contributed by atoms with E-state index in [0.717, 1.165) is 29.1 Å². The minimum atomic E-state index is 0.104. The lowest BCUT2D eigenvalue weighted by Gasteiger charge is -2.22. The lowest BCUT2D eigenvalue weighted by molar-refractivity contribution is -0.121. The van der Waals surface area contributed by atoms with Crippen LogP contribution >= 0.6 is 11.3 Å². The summed E-state index contributed by atoms with van der Waals surface area (Å²) < 4.78 is 0. The monoisotopic (exact) mass is 314 g/mol. The number of amides is 1. The van der Waals surface area contributed by atoms with E-state index in [4.69, 9.17) is 0 Å². The molecule has 1 heterocycles. The highest BCUT2D eigenvalue weighted by atomic mass is 32.1. The summed E-state index contributed by atoms with van der Waals surface area (Å²) in [5.74, 6) is 0.104. The molecule has 1 aliphatic carbocycles. The summed E-state index contributed by atoms with van der Waals surface area (Å²) in [7, 11) is 0. The van der Waals surface area contributed by atoms with E-state index in [0.29, 0.717) is 12.5 Å². The molecule has 1 amide bonds. The third-order valence-corrected chi connectivity index (χ3v) is 5.10. The van der Waals surface area contributed by atoms with Gasteiger partial charge in [0.2, 0.25) is 5.91 Å². The van der Waals surface area contributed by atoms with E-state index in [1.54, 1.807) is 11.3 Å². The highest BCUT2D eigenvalue weighted by Gasteiger charge is 2.16. The molecular weight excluding hydrogens is 292 g/mol. The maximum absolute atomic E-state index is 12.1. The molecule has 0 bridgehead atoms. The summed E-state index contributed by atoms with van der Waals surface area (Å²) in [6.07, 6.45) is 6.41. The molecule has 116 valence electrons. The molecular formula is C18H22N2OS. The van der Waals surface area contributed by atoms with Crippen LogP contribution in [0.3, 0.4) is 0 Å². The summed E-state index contributed by atoms with van der Waals surface area (Å²) >= 11 is 1.61. The molecule has 0 atom stereocenters. The van der Waals surface area contributed by atoms with E-state index in [2.05, 4.69) is 41.5 Å². The summed E-state index contributed by atoms with van der Waals surface area (Å²) in [4.78, 5) is 16.7. The average Bonchev–Trinajstić information content (AvgIpc) is 2.97. The first-order chi connectivity index (χ1) is 10.7. The molecule has 1 aliphatic rings. The number of aromatic nitrogens is 1. The van der Waals surface area contributed by atoms with Crippen molar-refractivity contribution in [1.29, 1.82) is 0 Å². The largest absolute Gasteiger partial charge is 0.353 e. The van der Waals surface area contributed by atoms with Crippen molar-refractivity contribution in [3.05, 3.63) is 40.9 Å². The van der Waals surface area contributed by atoms with Crippen LogP contribution in [0.5, 0.6) is 0 Å². The van der Waals surface area contributed by atoms with Crippen molar-refractivity contribution in [2.75, 3.05) is 0 Å². The van der Waals surface area contributed by atoms with Gasteiger partial charge >= 0.3 is 0 Å². The number of nitrogens with zero attached hydrogens (tertiary/aromatic N) is 1. The van der Waals surface area contributed by atoms with Crippen LogP contribution in [0.2, 0.25) is 0 Å². The molecule has 2 aromatic rings. The molecule has 4 heteroatoms. The van der Waals surface area contributed by atoms with Gasteiger partial charge in [-0.3, -0.25) is 4.79 Å². The number of benzene rings is 1. The molecule has 1 aromatic carbocycles. The fourth-order valence-corrected chi connectivity index (χ4v) is 3.73. The second kappa shape index (κ2) is 7.05. The van der Waals surface area contributed by atoms with E-state index in [1.165, 1.54) is 24.8 Å². The number of aryl methyl sites for hydroxylation is 1. The van der Waals surface area contributed by atoms with Gasteiger partial charge in [0, 0.05) is 17.0 Å². The van der Waals surface area contributed by atoms with Gasteiger partial charge in [-0.2, -0.15) is 0 Å². The molecule has 0 saturated heterocycles. The number of hydrogen-bond acceptors (Lipinski definition) is 3. The number of nitrogens with one attached hydrogen (secondary N) is 1. The minimum Gasteiger partial charge on any atom is -0.353 e. The fraction of sp³-hybridized carbons (Fsp3) is 0.444. The Bertz CT molecular complexity index is 627. The standard InChI is InChI=1S/C18H22N2OS/c1-13-7-9-14(10-8-13)18-20-16(12-22-18)11-17(21)19-15-5-3-2-4-6-15/h7-10,12,15H,2-6,11H2,1H3,(H,19,21). The van der Waals surface area contributed by atoms with Crippen LogP contribution in [0.4, 0.5) is 0 Å². The maximum atomic E-state index is 12.1. The number of carbonyl (C=O) groups excluding carboxylic acids is 1. The highest BCUT2D eigenvalue weighted by Crippen LogP contribution is 2.24. The van der Waals surface area contributed by atoms with Crippen molar-refractivity contribution in [3.63, 3.8) is 0 Å². The Kier molecular flexibility index (Phi) is 4.88. The quantitative estimate of drug-likeness (QED) is 0.922. The molecule has 0 radical (unpaired) electrons. The molecule has 22 heavy (non-hydrogen) atoms. The van der Waals surface area contributed by atoms with E-state index >= 15 is 0 Å². The van der Waals surface area contributed by atoms with Crippen LogP contribution in [0.15, 0.2) is 29.6 Å². The molecule has 0 spiro atoms. The van der Waals surface area contributed by atoms with Crippen molar-refractivity contribution in [2.45, 2.75) is 51.5 Å². The zero-order valence-corrected chi connectivity index (χ0v) is 13.8. The van der Waals surface area contributed by atoms with Crippen LogP contribution in [-0.2, 0) is 11.2 Å². The molecule has 1 fully saturated rings. The van der Waals surface area contributed by atoms with Gasteiger partial charge in [-0.1, -0.05) is 49.1 Å². The molecule has 3 nitrogen and oxygen atoms in total. The molecule has 0 unspecified atom stereocenters. The summed E-state index contributed by atoms with van der Waals surface area (Å²) in [5, 5.41) is 6.13. The van der Waals surface area contributed by atoms with Gasteiger partial charge in [-0.05, 0) is 19.8 Å².